The van der Waals surface area contributed by atoms with Crippen molar-refractivity contribution in [2.75, 3.05) is 7.11 Å². The molecule has 0 bridgehead atoms. The Kier molecular flexibility index (Phi) is 3.64. The van der Waals surface area contributed by atoms with Crippen LogP contribution in [0.15, 0.2) is 6.20 Å². The maximum Gasteiger partial charge on any atom is 0.307 e. The number of fused-ring (bicyclic) bond motifs is 1. The van der Waals surface area contributed by atoms with Gasteiger partial charge in [-0.1, -0.05) is 0 Å². The number of carbonyl (C=O) groups is 2. The van der Waals surface area contributed by atoms with Crippen LogP contribution in [0.3, 0.4) is 0 Å². The fourth-order valence-electron chi connectivity index (χ4n) is 2.20. The lowest BCUT2D eigenvalue weighted by molar-refractivity contribution is -0.142. The molecule has 18 heavy (non-hydrogen) atoms. The van der Waals surface area contributed by atoms with Crippen LogP contribution >= 0.6 is 0 Å². The molecule has 0 amide bonds. The summed E-state index contributed by atoms with van der Waals surface area (Å²) in [5.74, 6) is -1.33. The molecule has 1 N–H and O–H groups in total. The Morgan fingerprint density at radius 1 is 1.61 bits per heavy atom. The Labute approximate surface area is 105 Å². The molecule has 2 rings (SSSR count). The summed E-state index contributed by atoms with van der Waals surface area (Å²) >= 11 is 0. The molecule has 1 aromatic rings. The largest absolute Gasteiger partial charge is 0.481 e. The van der Waals surface area contributed by atoms with Crippen LogP contribution in [0.5, 0.6) is 0 Å². The maximum atomic E-state index is 11.0. The van der Waals surface area contributed by atoms with Crippen LogP contribution in [-0.4, -0.2) is 33.9 Å². The molecule has 1 atom stereocenters. The summed E-state index contributed by atoms with van der Waals surface area (Å²) in [5, 5.41) is 13.4. The normalized spacial score (nSPS) is 18.2. The van der Waals surface area contributed by atoms with Gasteiger partial charge in [0.1, 0.15) is 0 Å². The van der Waals surface area contributed by atoms with Gasteiger partial charge in [0.15, 0.2) is 0 Å². The second-order valence-corrected chi connectivity index (χ2v) is 4.47. The van der Waals surface area contributed by atoms with Gasteiger partial charge in [0.05, 0.1) is 31.7 Å². The number of hydrogen-bond acceptors (Lipinski definition) is 4. The van der Waals surface area contributed by atoms with Crippen LogP contribution < -0.4 is 0 Å². The van der Waals surface area contributed by atoms with Crippen molar-refractivity contribution in [3.05, 3.63) is 17.5 Å². The number of carboxylic acid groups (broad SMARTS) is 1. The van der Waals surface area contributed by atoms with Crippen LogP contribution in [0.4, 0.5) is 0 Å². The van der Waals surface area contributed by atoms with E-state index in [0.29, 0.717) is 25.8 Å². The first kappa shape index (κ1) is 12.6. The summed E-state index contributed by atoms with van der Waals surface area (Å²) < 4.78 is 6.26. The van der Waals surface area contributed by atoms with Gasteiger partial charge < -0.3 is 9.84 Å². The minimum atomic E-state index is -0.747. The fourth-order valence-corrected chi connectivity index (χ4v) is 2.20. The summed E-state index contributed by atoms with van der Waals surface area (Å²) in [6, 6.07) is 0. The Balaban J connectivity index is 2.01. The molecule has 6 heteroatoms. The van der Waals surface area contributed by atoms with Gasteiger partial charge in [-0.25, -0.2) is 0 Å². The monoisotopic (exact) mass is 252 g/mol. The lowest BCUT2D eigenvalue weighted by Gasteiger charge is -2.16. The van der Waals surface area contributed by atoms with Crippen molar-refractivity contribution in [1.29, 1.82) is 0 Å². The van der Waals surface area contributed by atoms with Crippen molar-refractivity contribution in [3.63, 3.8) is 0 Å². The first-order chi connectivity index (χ1) is 8.60. The number of carboxylic acids is 1. The van der Waals surface area contributed by atoms with E-state index in [0.717, 1.165) is 11.3 Å². The Bertz CT molecular complexity index is 467. The molecule has 6 nitrogen and oxygen atoms in total. The van der Waals surface area contributed by atoms with Crippen LogP contribution in [0.1, 0.15) is 24.1 Å². The van der Waals surface area contributed by atoms with Crippen molar-refractivity contribution in [2.24, 2.45) is 5.92 Å². The number of rotatable bonds is 4. The number of aromatic nitrogens is 2. The molecule has 1 heterocycles. The van der Waals surface area contributed by atoms with E-state index in [1.807, 2.05) is 6.20 Å². The molecule has 0 saturated carbocycles. The molecular weight excluding hydrogens is 236 g/mol. The SMILES string of the molecule is COC(=O)CCn1cc2c(n1)CCC(C(=O)O)C2. The third-order valence-electron chi connectivity index (χ3n) is 3.24. The molecule has 0 spiro atoms. The predicted molar refractivity (Wildman–Crippen MR) is 62.0 cm³/mol. The van der Waals surface area contributed by atoms with Gasteiger partial charge in [-0.3, -0.25) is 14.3 Å². The zero-order chi connectivity index (χ0) is 13.1. The van der Waals surface area contributed by atoms with Crippen LogP contribution in [0.2, 0.25) is 0 Å². The van der Waals surface area contributed by atoms with Crippen molar-refractivity contribution in [2.45, 2.75) is 32.2 Å². The summed E-state index contributed by atoms with van der Waals surface area (Å²) in [4.78, 5) is 22.0. The highest BCUT2D eigenvalue weighted by molar-refractivity contribution is 5.71. The zero-order valence-electron chi connectivity index (χ0n) is 10.3. The van der Waals surface area contributed by atoms with E-state index in [4.69, 9.17) is 5.11 Å². The van der Waals surface area contributed by atoms with Crippen molar-refractivity contribution in [3.8, 4) is 0 Å². The molecule has 0 radical (unpaired) electrons. The first-order valence-electron chi connectivity index (χ1n) is 5.95. The number of nitrogens with zero attached hydrogens (tertiary/aromatic N) is 2. The third-order valence-corrected chi connectivity index (χ3v) is 3.24. The van der Waals surface area contributed by atoms with Crippen molar-refractivity contribution in [1.82, 2.24) is 9.78 Å². The van der Waals surface area contributed by atoms with Gasteiger partial charge in [0.25, 0.3) is 0 Å². The second-order valence-electron chi connectivity index (χ2n) is 4.47. The number of ether oxygens (including phenoxy) is 1. The van der Waals surface area contributed by atoms with Gasteiger partial charge >= 0.3 is 11.9 Å². The number of carbonyl (C=O) groups excluding carboxylic acids is 1. The molecular formula is C12H16N2O4. The quantitative estimate of drug-likeness (QED) is 0.795. The summed E-state index contributed by atoms with van der Waals surface area (Å²) in [6.45, 7) is 0.470. The second kappa shape index (κ2) is 5.20. The van der Waals surface area contributed by atoms with Gasteiger partial charge in [-0.2, -0.15) is 5.10 Å². The molecule has 0 fully saturated rings. The predicted octanol–water partition coefficient (Wildman–Crippen LogP) is 0.636. The summed E-state index contributed by atoms with van der Waals surface area (Å²) in [6.07, 6.45) is 3.98. The number of esters is 1. The van der Waals surface area contributed by atoms with Gasteiger partial charge in [-0.05, 0) is 24.8 Å². The molecule has 1 aromatic heterocycles. The summed E-state index contributed by atoms with van der Waals surface area (Å²) in [5.41, 5.74) is 1.94. The van der Waals surface area contributed by atoms with E-state index in [2.05, 4.69) is 9.84 Å². The minimum Gasteiger partial charge on any atom is -0.481 e. The summed E-state index contributed by atoms with van der Waals surface area (Å²) in [7, 11) is 1.36. The zero-order valence-corrected chi connectivity index (χ0v) is 10.3. The van der Waals surface area contributed by atoms with Crippen molar-refractivity contribution >= 4 is 11.9 Å². The van der Waals surface area contributed by atoms with E-state index in [-0.39, 0.29) is 18.3 Å². The lowest BCUT2D eigenvalue weighted by atomic mass is 9.88. The van der Waals surface area contributed by atoms with Crippen LogP contribution in [-0.2, 0) is 33.7 Å². The number of aryl methyl sites for hydroxylation is 2. The number of hydrogen-bond donors (Lipinski definition) is 1. The number of aliphatic carboxylic acids is 1. The molecule has 1 aliphatic rings. The fraction of sp³-hybridized carbons (Fsp3) is 0.583. The maximum absolute atomic E-state index is 11.0. The molecule has 0 aliphatic heterocycles. The molecule has 98 valence electrons. The number of methoxy groups -OCH3 is 1. The average Bonchev–Trinajstić information content (AvgIpc) is 2.77. The highest BCUT2D eigenvalue weighted by Crippen LogP contribution is 2.24. The standard InChI is InChI=1S/C12H16N2O4/c1-18-11(15)4-5-14-7-9-6-8(12(16)17)2-3-10(9)13-14/h7-8H,2-6H2,1H3,(H,16,17). The molecule has 1 aliphatic carbocycles. The van der Waals surface area contributed by atoms with Gasteiger partial charge in [-0.15, -0.1) is 0 Å². The van der Waals surface area contributed by atoms with E-state index in [9.17, 15) is 9.59 Å². The Morgan fingerprint density at radius 2 is 2.39 bits per heavy atom. The first-order valence-corrected chi connectivity index (χ1v) is 5.95. The van der Waals surface area contributed by atoms with E-state index in [1.54, 1.807) is 4.68 Å². The third kappa shape index (κ3) is 2.69. The minimum absolute atomic E-state index is 0.271. The van der Waals surface area contributed by atoms with Crippen molar-refractivity contribution < 1.29 is 19.4 Å². The van der Waals surface area contributed by atoms with Gasteiger partial charge in [0, 0.05) is 6.20 Å². The highest BCUT2D eigenvalue weighted by atomic mass is 16.5. The molecule has 0 saturated heterocycles. The topological polar surface area (TPSA) is 81.4 Å². The van der Waals surface area contributed by atoms with Crippen LogP contribution in [0, 0.1) is 5.92 Å². The Hall–Kier alpha value is -1.85. The van der Waals surface area contributed by atoms with Crippen LogP contribution in [0.25, 0.3) is 0 Å². The van der Waals surface area contributed by atoms with E-state index in [1.165, 1.54) is 7.11 Å². The lowest BCUT2D eigenvalue weighted by Crippen LogP contribution is -2.21. The smallest absolute Gasteiger partial charge is 0.307 e. The average molecular weight is 252 g/mol. The van der Waals surface area contributed by atoms with E-state index < -0.39 is 5.97 Å². The molecule has 0 aromatic carbocycles. The highest BCUT2D eigenvalue weighted by Gasteiger charge is 2.26. The molecule has 1 unspecified atom stereocenters. The Morgan fingerprint density at radius 3 is 3.06 bits per heavy atom. The van der Waals surface area contributed by atoms with E-state index >= 15 is 0 Å². The van der Waals surface area contributed by atoms with Gasteiger partial charge in [0.2, 0.25) is 0 Å².